The summed E-state index contributed by atoms with van der Waals surface area (Å²) in [5.41, 5.74) is 4.97. The molecule has 0 aliphatic heterocycles. The van der Waals surface area contributed by atoms with E-state index in [4.69, 9.17) is 4.98 Å². The molecule has 5 rings (SSSR count). The van der Waals surface area contributed by atoms with E-state index in [9.17, 15) is 0 Å². The van der Waals surface area contributed by atoms with E-state index in [1.165, 1.54) is 5.56 Å². The monoisotopic (exact) mass is 406 g/mol. The molecule has 1 N–H and O–H groups in total. The van der Waals surface area contributed by atoms with E-state index in [1.807, 2.05) is 54.9 Å². The minimum Gasteiger partial charge on any atom is -0.325 e. The predicted molar refractivity (Wildman–Crippen MR) is 124 cm³/mol. The van der Waals surface area contributed by atoms with Crippen LogP contribution >= 0.6 is 0 Å². The number of rotatable bonds is 4. The van der Waals surface area contributed by atoms with Crippen LogP contribution < -0.4 is 5.32 Å². The van der Waals surface area contributed by atoms with Crippen LogP contribution in [0.4, 0.5) is 11.6 Å². The van der Waals surface area contributed by atoms with Gasteiger partial charge >= 0.3 is 0 Å². The maximum atomic E-state index is 4.78. The van der Waals surface area contributed by atoms with Crippen LogP contribution in [0.5, 0.6) is 0 Å². The molecule has 5 aromatic rings. The van der Waals surface area contributed by atoms with Gasteiger partial charge in [-0.1, -0.05) is 48.0 Å². The van der Waals surface area contributed by atoms with E-state index >= 15 is 0 Å². The molecule has 0 radical (unpaired) electrons. The molecule has 0 atom stereocenters. The van der Waals surface area contributed by atoms with Crippen LogP contribution in [-0.2, 0) is 0 Å². The van der Waals surface area contributed by atoms with Crippen molar-refractivity contribution < 1.29 is 0 Å². The second-order valence-corrected chi connectivity index (χ2v) is 7.62. The number of hydrogen-bond acceptors (Lipinski definition) is 5. The highest BCUT2D eigenvalue weighted by Crippen LogP contribution is 2.25. The first-order valence-corrected chi connectivity index (χ1v) is 10.2. The number of fused-ring (bicyclic) bond motifs is 1. The zero-order valence-corrected chi connectivity index (χ0v) is 17.7. The molecule has 31 heavy (non-hydrogen) atoms. The third-order valence-electron chi connectivity index (χ3n) is 5.07. The normalized spacial score (nSPS) is 11.1. The topological polar surface area (TPSA) is 68.5 Å². The van der Waals surface area contributed by atoms with Gasteiger partial charge in [-0.3, -0.25) is 0 Å². The molecular formula is C25H22N6. The minimum absolute atomic E-state index is 0.701. The molecule has 0 spiro atoms. The minimum atomic E-state index is 0.701. The van der Waals surface area contributed by atoms with Crippen molar-refractivity contribution in [1.29, 1.82) is 0 Å². The number of benzene rings is 2. The summed E-state index contributed by atoms with van der Waals surface area (Å²) >= 11 is 0. The summed E-state index contributed by atoms with van der Waals surface area (Å²) < 4.78 is 1.81. The summed E-state index contributed by atoms with van der Waals surface area (Å²) in [6.45, 7) is 5.94. The Morgan fingerprint density at radius 1 is 0.774 bits per heavy atom. The molecule has 2 aromatic carbocycles. The number of aryl methyl sites for hydroxylation is 3. The third-order valence-corrected chi connectivity index (χ3v) is 5.07. The van der Waals surface area contributed by atoms with E-state index in [0.717, 1.165) is 39.5 Å². The molecule has 152 valence electrons. The lowest BCUT2D eigenvalue weighted by Crippen LogP contribution is -2.06. The first kappa shape index (κ1) is 18.9. The largest absolute Gasteiger partial charge is 0.325 e. The van der Waals surface area contributed by atoms with E-state index in [1.54, 1.807) is 0 Å². The maximum absolute atomic E-state index is 4.78. The van der Waals surface area contributed by atoms with Gasteiger partial charge in [0.1, 0.15) is 17.5 Å². The lowest BCUT2D eigenvalue weighted by molar-refractivity contribution is 0.843. The van der Waals surface area contributed by atoms with Gasteiger partial charge in [0.05, 0.1) is 16.9 Å². The Morgan fingerprint density at radius 2 is 1.58 bits per heavy atom. The lowest BCUT2D eigenvalue weighted by atomic mass is 10.1. The standard InChI is InChI=1S/C25H22N6/c1-16-8-10-20(11-9-16)22-15-23(27-18(3)26-22)29-25-14-17(2)30-31(25)24-13-12-19-6-4-5-7-21(19)28-24/h4-15H,1-3H3,(H,26,27,29). The molecule has 0 unspecified atom stereocenters. The number of hydrogen-bond donors (Lipinski definition) is 1. The van der Waals surface area contributed by atoms with Gasteiger partial charge in [0, 0.05) is 23.1 Å². The van der Waals surface area contributed by atoms with Crippen molar-refractivity contribution >= 4 is 22.5 Å². The van der Waals surface area contributed by atoms with Crippen molar-refractivity contribution in [3.8, 4) is 17.1 Å². The third kappa shape index (κ3) is 3.88. The van der Waals surface area contributed by atoms with E-state index in [2.05, 4.69) is 63.7 Å². The SMILES string of the molecule is Cc1ccc(-c2cc(Nc3cc(C)nn3-c3ccc4ccccc4n3)nc(C)n2)cc1. The zero-order chi connectivity index (χ0) is 21.4. The second kappa shape index (κ2) is 7.65. The Hall–Kier alpha value is -4.06. The van der Waals surface area contributed by atoms with Crippen LogP contribution in [0, 0.1) is 20.8 Å². The Balaban J connectivity index is 1.53. The number of nitrogens with zero attached hydrogens (tertiary/aromatic N) is 5. The van der Waals surface area contributed by atoms with Crippen molar-refractivity contribution in [3.63, 3.8) is 0 Å². The number of pyridine rings is 1. The molecule has 3 aromatic heterocycles. The van der Waals surface area contributed by atoms with Crippen molar-refractivity contribution in [2.75, 3.05) is 5.32 Å². The average Bonchev–Trinajstić information content (AvgIpc) is 3.13. The van der Waals surface area contributed by atoms with Gasteiger partial charge in [-0.05, 0) is 39.0 Å². The molecule has 0 amide bonds. The summed E-state index contributed by atoms with van der Waals surface area (Å²) in [7, 11) is 0. The fraction of sp³-hybridized carbons (Fsp3) is 0.120. The van der Waals surface area contributed by atoms with Crippen molar-refractivity contribution in [1.82, 2.24) is 24.7 Å². The van der Waals surface area contributed by atoms with Gasteiger partial charge in [0.2, 0.25) is 0 Å². The number of aromatic nitrogens is 5. The second-order valence-electron chi connectivity index (χ2n) is 7.62. The van der Waals surface area contributed by atoms with Crippen LogP contribution in [-0.4, -0.2) is 24.7 Å². The quantitative estimate of drug-likeness (QED) is 0.424. The van der Waals surface area contributed by atoms with E-state index in [-0.39, 0.29) is 0 Å². The van der Waals surface area contributed by atoms with Crippen LogP contribution in [0.25, 0.3) is 28.0 Å². The van der Waals surface area contributed by atoms with Crippen LogP contribution in [0.1, 0.15) is 17.1 Å². The molecule has 6 nitrogen and oxygen atoms in total. The molecule has 3 heterocycles. The molecular weight excluding hydrogens is 384 g/mol. The van der Waals surface area contributed by atoms with Crippen LogP contribution in [0.15, 0.2) is 72.8 Å². The van der Waals surface area contributed by atoms with E-state index in [0.29, 0.717) is 11.6 Å². The van der Waals surface area contributed by atoms with E-state index < -0.39 is 0 Å². The number of nitrogens with one attached hydrogen (secondary N) is 1. The Morgan fingerprint density at radius 3 is 2.42 bits per heavy atom. The fourth-order valence-corrected chi connectivity index (χ4v) is 3.57. The summed E-state index contributed by atoms with van der Waals surface area (Å²) in [4.78, 5) is 14.0. The molecule has 0 fully saturated rings. The van der Waals surface area contributed by atoms with Gasteiger partial charge in [-0.25, -0.2) is 15.0 Å². The highest BCUT2D eigenvalue weighted by Gasteiger charge is 2.12. The van der Waals surface area contributed by atoms with Gasteiger partial charge in [-0.2, -0.15) is 9.78 Å². The summed E-state index contributed by atoms with van der Waals surface area (Å²) in [5.74, 6) is 2.96. The molecule has 0 saturated heterocycles. The van der Waals surface area contributed by atoms with Gasteiger partial charge < -0.3 is 5.32 Å². The number of para-hydroxylation sites is 1. The lowest BCUT2D eigenvalue weighted by Gasteiger charge is -2.11. The van der Waals surface area contributed by atoms with Crippen molar-refractivity contribution in [2.45, 2.75) is 20.8 Å². The molecule has 0 saturated carbocycles. The maximum Gasteiger partial charge on any atom is 0.156 e. The van der Waals surface area contributed by atoms with Gasteiger partial charge in [0.25, 0.3) is 0 Å². The Labute approximate surface area is 180 Å². The molecule has 0 aliphatic rings. The fourth-order valence-electron chi connectivity index (χ4n) is 3.57. The predicted octanol–water partition coefficient (Wildman–Crippen LogP) is 5.55. The van der Waals surface area contributed by atoms with Gasteiger partial charge in [-0.15, -0.1) is 0 Å². The summed E-state index contributed by atoms with van der Waals surface area (Å²) in [5, 5.41) is 9.15. The smallest absolute Gasteiger partial charge is 0.156 e. The van der Waals surface area contributed by atoms with Gasteiger partial charge in [0.15, 0.2) is 5.82 Å². The van der Waals surface area contributed by atoms with Crippen molar-refractivity contribution in [3.05, 3.63) is 89.9 Å². The molecule has 0 bridgehead atoms. The zero-order valence-electron chi connectivity index (χ0n) is 17.7. The highest BCUT2D eigenvalue weighted by atomic mass is 15.4. The Bertz CT molecular complexity index is 1390. The average molecular weight is 406 g/mol. The highest BCUT2D eigenvalue weighted by molar-refractivity contribution is 5.79. The van der Waals surface area contributed by atoms with Crippen molar-refractivity contribution in [2.24, 2.45) is 0 Å². The Kier molecular flexibility index (Phi) is 4.67. The first-order valence-electron chi connectivity index (χ1n) is 10.2. The summed E-state index contributed by atoms with van der Waals surface area (Å²) in [6, 6.07) is 24.4. The van der Waals surface area contributed by atoms with Crippen LogP contribution in [0.3, 0.4) is 0 Å². The molecule has 6 heteroatoms. The molecule has 0 aliphatic carbocycles. The summed E-state index contributed by atoms with van der Waals surface area (Å²) in [6.07, 6.45) is 0. The number of anilines is 2. The van der Waals surface area contributed by atoms with Crippen LogP contribution in [0.2, 0.25) is 0 Å². The first-order chi connectivity index (χ1) is 15.0.